The van der Waals surface area contributed by atoms with E-state index in [1.165, 1.54) is 9.75 Å². The van der Waals surface area contributed by atoms with Crippen LogP contribution in [0.25, 0.3) is 0 Å². The average Bonchev–Trinajstić information content (AvgIpc) is 3.20. The van der Waals surface area contributed by atoms with Crippen molar-refractivity contribution in [2.24, 2.45) is 7.05 Å². The highest BCUT2D eigenvalue weighted by atomic mass is 32.1. The maximum atomic E-state index is 4.13. The number of hydrogen-bond donors (Lipinski definition) is 1. The third-order valence-electron chi connectivity index (χ3n) is 3.42. The quantitative estimate of drug-likeness (QED) is 0.728. The van der Waals surface area contributed by atoms with E-state index in [2.05, 4.69) is 50.5 Å². The van der Waals surface area contributed by atoms with E-state index in [1.54, 1.807) is 6.33 Å². The summed E-state index contributed by atoms with van der Waals surface area (Å²) >= 11 is 3.63. The first-order chi connectivity index (χ1) is 10.3. The number of nitrogens with one attached hydrogen (secondary N) is 1. The Hall–Kier alpha value is -1.50. The van der Waals surface area contributed by atoms with Gasteiger partial charge in [0.15, 0.2) is 0 Å². The van der Waals surface area contributed by atoms with Gasteiger partial charge in [-0.05, 0) is 22.9 Å². The Morgan fingerprint density at radius 1 is 1.24 bits per heavy atom. The third-order valence-corrected chi connectivity index (χ3v) is 5.30. The zero-order valence-electron chi connectivity index (χ0n) is 11.9. The molecule has 0 fully saturated rings. The largest absolute Gasteiger partial charge is 0.321 e. The molecule has 0 saturated heterocycles. The topological polar surface area (TPSA) is 42.7 Å². The Balaban J connectivity index is 1.61. The van der Waals surface area contributed by atoms with E-state index < -0.39 is 0 Å². The monoisotopic (exact) mass is 318 g/mol. The van der Waals surface area contributed by atoms with Crippen LogP contribution >= 0.6 is 22.7 Å². The molecule has 3 aromatic rings. The SMILES string of the molecule is Cn1cnnc1CCNC(Cc1cccs1)c1cccs1. The van der Waals surface area contributed by atoms with Crippen molar-refractivity contribution >= 4 is 22.7 Å². The Labute approximate surface area is 132 Å². The maximum Gasteiger partial charge on any atom is 0.133 e. The predicted octanol–water partition coefficient (Wildman–Crippen LogP) is 3.05. The second kappa shape index (κ2) is 6.98. The summed E-state index contributed by atoms with van der Waals surface area (Å²) < 4.78 is 1.97. The van der Waals surface area contributed by atoms with E-state index in [-0.39, 0.29) is 0 Å². The number of aromatic nitrogens is 3. The highest BCUT2D eigenvalue weighted by Crippen LogP contribution is 2.24. The van der Waals surface area contributed by atoms with Crippen LogP contribution in [0.15, 0.2) is 41.4 Å². The van der Waals surface area contributed by atoms with Crippen LogP contribution in [0.1, 0.15) is 21.6 Å². The van der Waals surface area contributed by atoms with E-state index in [1.807, 2.05) is 34.3 Å². The van der Waals surface area contributed by atoms with Gasteiger partial charge in [0.2, 0.25) is 0 Å². The molecule has 4 nitrogen and oxygen atoms in total. The molecule has 3 rings (SSSR count). The molecule has 21 heavy (non-hydrogen) atoms. The van der Waals surface area contributed by atoms with Crippen molar-refractivity contribution in [3.63, 3.8) is 0 Å². The molecule has 6 heteroatoms. The van der Waals surface area contributed by atoms with Gasteiger partial charge in [-0.25, -0.2) is 0 Å². The molecular formula is C15H18N4S2. The molecule has 1 unspecified atom stereocenters. The number of rotatable bonds is 7. The summed E-state index contributed by atoms with van der Waals surface area (Å²) in [6.07, 6.45) is 3.68. The van der Waals surface area contributed by atoms with E-state index in [0.717, 1.165) is 25.2 Å². The first-order valence-electron chi connectivity index (χ1n) is 6.95. The van der Waals surface area contributed by atoms with Crippen LogP contribution in [0.4, 0.5) is 0 Å². The van der Waals surface area contributed by atoms with E-state index in [9.17, 15) is 0 Å². The van der Waals surface area contributed by atoms with Crippen LogP contribution in [0.3, 0.4) is 0 Å². The molecule has 0 amide bonds. The van der Waals surface area contributed by atoms with E-state index >= 15 is 0 Å². The zero-order valence-corrected chi connectivity index (χ0v) is 13.5. The Morgan fingerprint density at radius 3 is 2.76 bits per heavy atom. The first-order valence-corrected chi connectivity index (χ1v) is 8.71. The first kappa shape index (κ1) is 14.4. The molecule has 0 spiro atoms. The van der Waals surface area contributed by atoms with Gasteiger partial charge in [0.1, 0.15) is 12.2 Å². The summed E-state index contributed by atoms with van der Waals surface area (Å²) in [5, 5.41) is 16.0. The minimum Gasteiger partial charge on any atom is -0.321 e. The number of hydrogen-bond acceptors (Lipinski definition) is 5. The van der Waals surface area contributed by atoms with Gasteiger partial charge in [-0.3, -0.25) is 0 Å². The number of nitrogens with zero attached hydrogens (tertiary/aromatic N) is 3. The van der Waals surface area contributed by atoms with Gasteiger partial charge in [0, 0.05) is 42.2 Å². The van der Waals surface area contributed by atoms with Gasteiger partial charge in [0.25, 0.3) is 0 Å². The fourth-order valence-electron chi connectivity index (χ4n) is 2.28. The molecule has 1 N–H and O–H groups in total. The summed E-state index contributed by atoms with van der Waals surface area (Å²) in [5.41, 5.74) is 0. The zero-order chi connectivity index (χ0) is 14.5. The molecule has 1 atom stereocenters. The molecule has 0 saturated carbocycles. The minimum atomic E-state index is 0.372. The molecule has 3 aromatic heterocycles. The molecule has 0 aliphatic rings. The number of thiophene rings is 2. The summed E-state index contributed by atoms with van der Waals surface area (Å²) in [7, 11) is 1.98. The van der Waals surface area contributed by atoms with Crippen LogP contribution in [-0.2, 0) is 19.9 Å². The second-order valence-corrected chi connectivity index (χ2v) is 6.93. The molecule has 0 aliphatic heterocycles. The van der Waals surface area contributed by atoms with Crippen LogP contribution in [0.5, 0.6) is 0 Å². The van der Waals surface area contributed by atoms with Gasteiger partial charge in [0.05, 0.1) is 0 Å². The lowest BCUT2D eigenvalue weighted by Gasteiger charge is -2.16. The van der Waals surface area contributed by atoms with Crippen molar-refractivity contribution < 1.29 is 0 Å². The van der Waals surface area contributed by atoms with Gasteiger partial charge < -0.3 is 9.88 Å². The van der Waals surface area contributed by atoms with Gasteiger partial charge in [-0.2, -0.15) is 0 Å². The molecule has 0 aromatic carbocycles. The van der Waals surface area contributed by atoms with Crippen LogP contribution in [0.2, 0.25) is 0 Å². The molecular weight excluding hydrogens is 300 g/mol. The number of aryl methyl sites for hydroxylation is 1. The highest BCUT2D eigenvalue weighted by molar-refractivity contribution is 7.10. The van der Waals surface area contributed by atoms with Crippen molar-refractivity contribution in [2.45, 2.75) is 18.9 Å². The Morgan fingerprint density at radius 2 is 2.10 bits per heavy atom. The smallest absolute Gasteiger partial charge is 0.133 e. The Bertz CT molecular complexity index is 643. The van der Waals surface area contributed by atoms with Gasteiger partial charge >= 0.3 is 0 Å². The minimum absolute atomic E-state index is 0.372. The fourth-order valence-corrected chi connectivity index (χ4v) is 3.84. The predicted molar refractivity (Wildman–Crippen MR) is 87.8 cm³/mol. The summed E-state index contributed by atoms with van der Waals surface area (Å²) in [6, 6.07) is 9.02. The van der Waals surface area contributed by atoms with Crippen LogP contribution in [0, 0.1) is 0 Å². The van der Waals surface area contributed by atoms with Crippen molar-refractivity contribution in [2.75, 3.05) is 6.54 Å². The molecule has 0 bridgehead atoms. The standard InChI is InChI=1S/C15H18N4S2/c1-19-11-17-18-15(19)6-7-16-13(14-5-3-9-21-14)10-12-4-2-8-20-12/h2-5,8-9,11,13,16H,6-7,10H2,1H3. The molecule has 110 valence electrons. The van der Waals surface area contributed by atoms with E-state index in [0.29, 0.717) is 6.04 Å². The molecule has 3 heterocycles. The summed E-state index contributed by atoms with van der Waals surface area (Å²) in [6.45, 7) is 0.903. The van der Waals surface area contributed by atoms with Crippen LogP contribution < -0.4 is 5.32 Å². The van der Waals surface area contributed by atoms with Crippen molar-refractivity contribution in [3.05, 3.63) is 56.9 Å². The van der Waals surface area contributed by atoms with Crippen molar-refractivity contribution in [3.8, 4) is 0 Å². The normalized spacial score (nSPS) is 12.6. The maximum absolute atomic E-state index is 4.13. The van der Waals surface area contributed by atoms with Crippen molar-refractivity contribution in [1.29, 1.82) is 0 Å². The fraction of sp³-hybridized carbons (Fsp3) is 0.333. The summed E-state index contributed by atoms with van der Waals surface area (Å²) in [5.74, 6) is 1.02. The van der Waals surface area contributed by atoms with Gasteiger partial charge in [-0.1, -0.05) is 12.1 Å². The van der Waals surface area contributed by atoms with E-state index in [4.69, 9.17) is 0 Å². The average molecular weight is 318 g/mol. The lowest BCUT2D eigenvalue weighted by atomic mass is 10.1. The second-order valence-electron chi connectivity index (χ2n) is 4.91. The summed E-state index contributed by atoms with van der Waals surface area (Å²) in [4.78, 5) is 2.81. The lowest BCUT2D eigenvalue weighted by Crippen LogP contribution is -2.25. The van der Waals surface area contributed by atoms with Crippen LogP contribution in [-0.4, -0.2) is 21.3 Å². The highest BCUT2D eigenvalue weighted by Gasteiger charge is 2.14. The molecule has 0 radical (unpaired) electrons. The van der Waals surface area contributed by atoms with Crippen molar-refractivity contribution in [1.82, 2.24) is 20.1 Å². The van der Waals surface area contributed by atoms with Gasteiger partial charge in [-0.15, -0.1) is 32.9 Å². The Kier molecular flexibility index (Phi) is 4.80. The molecule has 0 aliphatic carbocycles. The third kappa shape index (κ3) is 3.78. The lowest BCUT2D eigenvalue weighted by molar-refractivity contribution is 0.535.